The largest absolute Gasteiger partial charge is 0.453 e. The van der Waals surface area contributed by atoms with E-state index in [4.69, 9.17) is 26.4 Å². The van der Waals surface area contributed by atoms with Crippen molar-refractivity contribution in [3.63, 3.8) is 0 Å². The Morgan fingerprint density at radius 3 is 2.88 bits per heavy atom. The Labute approximate surface area is 201 Å². The summed E-state index contributed by atoms with van der Waals surface area (Å²) >= 11 is 0. The number of carbonyl (C=O) groups is 2. The van der Waals surface area contributed by atoms with Crippen molar-refractivity contribution in [2.45, 2.75) is 63.1 Å². The molecule has 0 spiro atoms. The zero-order valence-electron chi connectivity index (χ0n) is 19.9. The second-order valence-electron chi connectivity index (χ2n) is 9.04. The van der Waals surface area contributed by atoms with E-state index in [-0.39, 0.29) is 24.0 Å². The van der Waals surface area contributed by atoms with Crippen LogP contribution in [0, 0.1) is 30.1 Å². The van der Waals surface area contributed by atoms with Gasteiger partial charge in [0.05, 0.1) is 7.11 Å². The molecule has 1 aromatic carbocycles. The Morgan fingerprint density at radius 1 is 1.38 bits per heavy atom. The summed E-state index contributed by atoms with van der Waals surface area (Å²) < 4.78 is 11.1. The number of nitrogens with zero attached hydrogens (tertiary/aromatic N) is 1. The molecule has 6 N–H and O–H groups in total. The van der Waals surface area contributed by atoms with Crippen molar-refractivity contribution in [3.05, 3.63) is 35.4 Å². The third-order valence-corrected chi connectivity index (χ3v) is 6.63. The Hall–Kier alpha value is -3.25. The Balaban J connectivity index is 1.84. The van der Waals surface area contributed by atoms with Crippen LogP contribution < -0.4 is 16.8 Å². The van der Waals surface area contributed by atoms with E-state index in [2.05, 4.69) is 17.2 Å². The molecule has 9 nitrogen and oxygen atoms in total. The number of aryl methyl sites for hydroxylation is 1. The van der Waals surface area contributed by atoms with Crippen LogP contribution in [0.4, 0.5) is 4.79 Å². The molecule has 1 aliphatic carbocycles. The SMILES string of the molecule is COC(=O)N1CCC2C1CCCC2(C#Cc1cccc(C)c1)OC(=O)[C@@H](N)CCCNC(=N)N. The average Bonchev–Trinajstić information content (AvgIpc) is 3.25. The predicted octanol–water partition coefficient (Wildman–Crippen LogP) is 1.86. The number of hydrogen-bond donors (Lipinski definition) is 4. The number of methoxy groups -OCH3 is 1. The highest BCUT2D eigenvalue weighted by molar-refractivity contribution is 5.76. The van der Waals surface area contributed by atoms with Gasteiger partial charge in [0.15, 0.2) is 11.6 Å². The van der Waals surface area contributed by atoms with Crippen molar-refractivity contribution in [2.75, 3.05) is 20.2 Å². The molecule has 3 rings (SSSR count). The minimum atomic E-state index is -1.03. The molecule has 1 saturated heterocycles. The number of nitrogens with one attached hydrogen (secondary N) is 2. The maximum atomic E-state index is 13.1. The van der Waals surface area contributed by atoms with Gasteiger partial charge in [-0.05, 0) is 69.1 Å². The van der Waals surface area contributed by atoms with Crippen LogP contribution in [0.5, 0.6) is 0 Å². The molecule has 184 valence electrons. The molecule has 4 atom stereocenters. The summed E-state index contributed by atoms with van der Waals surface area (Å²) in [6, 6.07) is 6.95. The minimum absolute atomic E-state index is 0.100. The van der Waals surface area contributed by atoms with Crippen LogP contribution in [0.25, 0.3) is 0 Å². The third-order valence-electron chi connectivity index (χ3n) is 6.63. The van der Waals surface area contributed by atoms with E-state index in [0.717, 1.165) is 24.0 Å². The molecule has 1 aliphatic heterocycles. The van der Waals surface area contributed by atoms with E-state index in [1.54, 1.807) is 4.90 Å². The van der Waals surface area contributed by atoms with E-state index in [0.29, 0.717) is 38.8 Å². The summed E-state index contributed by atoms with van der Waals surface area (Å²) in [6.45, 7) is 2.99. The second-order valence-corrected chi connectivity index (χ2v) is 9.04. The van der Waals surface area contributed by atoms with Crippen molar-refractivity contribution in [1.82, 2.24) is 10.2 Å². The van der Waals surface area contributed by atoms with Crippen LogP contribution in [0.3, 0.4) is 0 Å². The van der Waals surface area contributed by atoms with Gasteiger partial charge in [-0.25, -0.2) is 4.79 Å². The molecular formula is C25H35N5O4. The van der Waals surface area contributed by atoms with E-state index in [1.807, 2.05) is 31.2 Å². The number of hydrogen-bond acceptors (Lipinski definition) is 6. The third kappa shape index (κ3) is 6.00. The first-order valence-electron chi connectivity index (χ1n) is 11.8. The van der Waals surface area contributed by atoms with Gasteiger partial charge in [-0.2, -0.15) is 0 Å². The Morgan fingerprint density at radius 2 is 2.18 bits per heavy atom. The number of nitrogens with two attached hydrogens (primary N) is 2. The van der Waals surface area contributed by atoms with Gasteiger partial charge in [0, 0.05) is 30.6 Å². The Bertz CT molecular complexity index is 972. The smallest absolute Gasteiger partial charge is 0.409 e. The molecule has 0 radical (unpaired) electrons. The molecule has 1 amide bonds. The number of amides is 1. The average molecular weight is 470 g/mol. The van der Waals surface area contributed by atoms with Crippen LogP contribution in [0.2, 0.25) is 0 Å². The highest BCUT2D eigenvalue weighted by Gasteiger charge is 2.54. The number of ether oxygens (including phenoxy) is 2. The first-order valence-corrected chi connectivity index (χ1v) is 11.8. The summed E-state index contributed by atoms with van der Waals surface area (Å²) in [6.07, 6.45) is 3.44. The van der Waals surface area contributed by atoms with E-state index in [1.165, 1.54) is 7.11 Å². The summed E-state index contributed by atoms with van der Waals surface area (Å²) in [5.41, 5.74) is 12.4. The number of benzene rings is 1. The number of esters is 1. The summed E-state index contributed by atoms with van der Waals surface area (Å²) in [7, 11) is 1.38. The van der Waals surface area contributed by atoms with Crippen LogP contribution in [0.15, 0.2) is 24.3 Å². The molecule has 1 aromatic rings. The number of fused-ring (bicyclic) bond motifs is 1. The van der Waals surface area contributed by atoms with E-state index in [9.17, 15) is 9.59 Å². The summed E-state index contributed by atoms with van der Waals surface area (Å²) in [5, 5.41) is 9.92. The zero-order valence-corrected chi connectivity index (χ0v) is 19.9. The standard InChI is InChI=1S/C25H35N5O4/c1-17-6-3-7-18(16-17)10-13-25(34-22(31)20(26)8-5-14-29-23(27)28)12-4-9-21-19(25)11-15-30(21)24(32)33-2/h3,6-7,16,19-21H,4-5,8-9,11-12,14-15,26H2,1-2H3,(H4,27,28,29)/t19?,20-,21?,25?/m0/s1. The van der Waals surface area contributed by atoms with Crippen LogP contribution in [-0.2, 0) is 14.3 Å². The first kappa shape index (κ1) is 25.4. The number of carbonyl (C=O) groups excluding carboxylic acids is 2. The topological polar surface area (TPSA) is 144 Å². The maximum absolute atomic E-state index is 13.1. The molecule has 2 aliphatic rings. The normalized spacial score (nSPS) is 24.3. The van der Waals surface area contributed by atoms with Gasteiger partial charge in [0.1, 0.15) is 6.04 Å². The molecule has 1 saturated carbocycles. The molecular weight excluding hydrogens is 434 g/mol. The highest BCUT2D eigenvalue weighted by Crippen LogP contribution is 2.45. The van der Waals surface area contributed by atoms with Gasteiger partial charge >= 0.3 is 12.1 Å². The molecule has 2 fully saturated rings. The second kappa shape index (κ2) is 11.3. The lowest BCUT2D eigenvalue weighted by molar-refractivity contribution is -0.164. The van der Waals surface area contributed by atoms with Crippen LogP contribution in [-0.4, -0.2) is 60.8 Å². The molecule has 3 unspecified atom stereocenters. The fourth-order valence-corrected chi connectivity index (χ4v) is 4.98. The lowest BCUT2D eigenvalue weighted by Gasteiger charge is -2.42. The fraction of sp³-hybridized carbons (Fsp3) is 0.560. The number of guanidine groups is 1. The highest BCUT2D eigenvalue weighted by atomic mass is 16.6. The lowest BCUT2D eigenvalue weighted by Crippen LogP contribution is -2.53. The van der Waals surface area contributed by atoms with Crippen LogP contribution in [0.1, 0.15) is 49.7 Å². The molecule has 1 heterocycles. The minimum Gasteiger partial charge on any atom is -0.453 e. The van der Waals surface area contributed by atoms with Crippen molar-refractivity contribution < 1.29 is 19.1 Å². The molecule has 0 bridgehead atoms. The van der Waals surface area contributed by atoms with E-state index >= 15 is 0 Å². The molecule has 9 heteroatoms. The quantitative estimate of drug-likeness (QED) is 0.164. The van der Waals surface area contributed by atoms with E-state index < -0.39 is 17.6 Å². The van der Waals surface area contributed by atoms with Crippen molar-refractivity contribution in [2.24, 2.45) is 17.4 Å². The summed E-state index contributed by atoms with van der Waals surface area (Å²) in [4.78, 5) is 27.1. The Kier molecular flexibility index (Phi) is 8.40. The summed E-state index contributed by atoms with van der Waals surface area (Å²) in [5.74, 6) is 5.80. The van der Waals surface area contributed by atoms with Crippen LogP contribution >= 0.6 is 0 Å². The lowest BCUT2D eigenvalue weighted by atomic mass is 9.72. The predicted molar refractivity (Wildman–Crippen MR) is 129 cm³/mol. The van der Waals surface area contributed by atoms with Gasteiger partial charge in [-0.1, -0.05) is 18.1 Å². The van der Waals surface area contributed by atoms with Gasteiger partial charge in [-0.3, -0.25) is 10.2 Å². The zero-order chi connectivity index (χ0) is 24.7. The monoisotopic (exact) mass is 469 g/mol. The van der Waals surface area contributed by atoms with Gasteiger partial charge in [0.2, 0.25) is 0 Å². The van der Waals surface area contributed by atoms with Gasteiger partial charge < -0.3 is 31.2 Å². The number of likely N-dealkylation sites (tertiary alicyclic amines) is 1. The van der Waals surface area contributed by atoms with Crippen molar-refractivity contribution in [1.29, 1.82) is 5.41 Å². The van der Waals surface area contributed by atoms with Crippen molar-refractivity contribution in [3.8, 4) is 11.8 Å². The maximum Gasteiger partial charge on any atom is 0.409 e. The van der Waals surface area contributed by atoms with Gasteiger partial charge in [0.25, 0.3) is 0 Å². The molecule has 0 aromatic heterocycles. The van der Waals surface area contributed by atoms with Crippen molar-refractivity contribution >= 4 is 18.0 Å². The number of rotatable bonds is 6. The molecule has 34 heavy (non-hydrogen) atoms. The van der Waals surface area contributed by atoms with Gasteiger partial charge in [-0.15, -0.1) is 0 Å². The first-order chi connectivity index (χ1) is 16.3. The fourth-order valence-electron chi connectivity index (χ4n) is 4.98.